The van der Waals surface area contributed by atoms with Crippen LogP contribution in [0, 0.1) is 16.5 Å². The third-order valence-corrected chi connectivity index (χ3v) is 5.44. The fourth-order valence-corrected chi connectivity index (χ4v) is 3.55. The van der Waals surface area contributed by atoms with Gasteiger partial charge in [-0.1, -0.05) is 30.3 Å². The van der Waals surface area contributed by atoms with Crippen LogP contribution in [-0.2, 0) is 16.0 Å². The number of nitrogens with two attached hydrogens (primary N) is 1. The SMILES string of the molecule is COC(=O)[C@H](Cc1cccc(C(=N)N)c1)C(C)NC(=O)c1ccc(-c2cc[n+]([O-])cc2)cc1. The molecule has 0 aliphatic carbocycles. The van der Waals surface area contributed by atoms with Crippen LogP contribution in [0.5, 0.6) is 0 Å². The molecule has 8 heteroatoms. The van der Waals surface area contributed by atoms with Crippen LogP contribution in [0.25, 0.3) is 11.1 Å². The van der Waals surface area contributed by atoms with Crippen molar-refractivity contribution in [1.82, 2.24) is 5.32 Å². The molecule has 1 unspecified atom stereocenters. The van der Waals surface area contributed by atoms with E-state index >= 15 is 0 Å². The zero-order chi connectivity index (χ0) is 24.0. The van der Waals surface area contributed by atoms with E-state index in [2.05, 4.69) is 5.32 Å². The van der Waals surface area contributed by atoms with Crippen LogP contribution in [0.15, 0.2) is 73.1 Å². The molecule has 170 valence electrons. The molecule has 0 aliphatic heterocycles. The zero-order valence-corrected chi connectivity index (χ0v) is 18.4. The monoisotopic (exact) mass is 446 g/mol. The molecule has 0 fully saturated rings. The molecule has 3 aromatic rings. The van der Waals surface area contributed by atoms with Crippen molar-refractivity contribution in [2.45, 2.75) is 19.4 Å². The third-order valence-electron chi connectivity index (χ3n) is 5.44. The highest BCUT2D eigenvalue weighted by Crippen LogP contribution is 2.20. The number of nitrogen functional groups attached to an aromatic ring is 1. The largest absolute Gasteiger partial charge is 0.619 e. The van der Waals surface area contributed by atoms with Gasteiger partial charge in [-0.05, 0) is 48.2 Å². The van der Waals surface area contributed by atoms with Crippen LogP contribution in [0.3, 0.4) is 0 Å². The maximum absolute atomic E-state index is 12.8. The van der Waals surface area contributed by atoms with Crippen LogP contribution in [0.2, 0.25) is 0 Å². The van der Waals surface area contributed by atoms with Gasteiger partial charge in [-0.15, -0.1) is 0 Å². The Kier molecular flexibility index (Phi) is 7.40. The summed E-state index contributed by atoms with van der Waals surface area (Å²) in [4.78, 5) is 25.3. The number of carbonyl (C=O) groups is 2. The summed E-state index contributed by atoms with van der Waals surface area (Å²) in [6.45, 7) is 1.75. The molecule has 1 heterocycles. The van der Waals surface area contributed by atoms with Crippen molar-refractivity contribution in [1.29, 1.82) is 5.41 Å². The number of hydrogen-bond acceptors (Lipinski definition) is 5. The lowest BCUT2D eigenvalue weighted by atomic mass is 9.92. The molecule has 3 rings (SSSR count). The summed E-state index contributed by atoms with van der Waals surface area (Å²) < 4.78 is 5.67. The fourth-order valence-electron chi connectivity index (χ4n) is 3.55. The Labute approximate surface area is 192 Å². The van der Waals surface area contributed by atoms with Crippen molar-refractivity contribution in [3.8, 4) is 11.1 Å². The average Bonchev–Trinajstić information content (AvgIpc) is 2.82. The molecular weight excluding hydrogens is 420 g/mol. The van der Waals surface area contributed by atoms with Crippen molar-refractivity contribution < 1.29 is 19.1 Å². The quantitative estimate of drug-likeness (QED) is 0.161. The van der Waals surface area contributed by atoms with Crippen LogP contribution in [0.1, 0.15) is 28.4 Å². The van der Waals surface area contributed by atoms with E-state index < -0.39 is 17.9 Å². The first-order valence-corrected chi connectivity index (χ1v) is 10.4. The van der Waals surface area contributed by atoms with Crippen molar-refractivity contribution in [3.63, 3.8) is 0 Å². The van der Waals surface area contributed by atoms with Crippen LogP contribution in [0.4, 0.5) is 0 Å². The van der Waals surface area contributed by atoms with Gasteiger partial charge >= 0.3 is 5.97 Å². The van der Waals surface area contributed by atoms with E-state index in [4.69, 9.17) is 15.9 Å². The van der Waals surface area contributed by atoms with E-state index in [1.54, 1.807) is 61.5 Å². The lowest BCUT2D eigenvalue weighted by molar-refractivity contribution is -0.605. The predicted octanol–water partition coefficient (Wildman–Crippen LogP) is 2.42. The molecule has 0 saturated carbocycles. The highest BCUT2D eigenvalue weighted by Gasteiger charge is 2.28. The van der Waals surface area contributed by atoms with Crippen molar-refractivity contribution >= 4 is 17.7 Å². The molecule has 8 nitrogen and oxygen atoms in total. The van der Waals surface area contributed by atoms with Gasteiger partial charge in [0, 0.05) is 29.3 Å². The Hall–Kier alpha value is -4.20. The molecule has 1 amide bonds. The highest BCUT2D eigenvalue weighted by molar-refractivity contribution is 5.95. The number of ether oxygens (including phenoxy) is 1. The van der Waals surface area contributed by atoms with E-state index in [0.717, 1.165) is 16.7 Å². The highest BCUT2D eigenvalue weighted by atomic mass is 16.5. The first-order valence-electron chi connectivity index (χ1n) is 10.4. The molecule has 33 heavy (non-hydrogen) atoms. The second kappa shape index (κ2) is 10.4. The Balaban J connectivity index is 1.72. The number of pyridine rings is 1. The third kappa shape index (κ3) is 5.94. The average molecular weight is 447 g/mol. The molecule has 4 N–H and O–H groups in total. The second-order valence-corrected chi connectivity index (χ2v) is 7.73. The minimum Gasteiger partial charge on any atom is -0.619 e. The molecule has 0 saturated heterocycles. The van der Waals surface area contributed by atoms with Crippen LogP contribution < -0.4 is 15.8 Å². The number of aromatic nitrogens is 1. The summed E-state index contributed by atoms with van der Waals surface area (Å²) >= 11 is 0. The molecule has 0 radical (unpaired) electrons. The lowest BCUT2D eigenvalue weighted by Crippen LogP contribution is -2.42. The topological polar surface area (TPSA) is 132 Å². The van der Waals surface area contributed by atoms with Crippen molar-refractivity contribution in [2.75, 3.05) is 7.11 Å². The first-order chi connectivity index (χ1) is 15.8. The number of amides is 1. The molecule has 2 atom stereocenters. The van der Waals surface area contributed by atoms with E-state index in [9.17, 15) is 14.8 Å². The second-order valence-electron chi connectivity index (χ2n) is 7.73. The molecule has 2 aromatic carbocycles. The van der Waals surface area contributed by atoms with Gasteiger partial charge in [0.1, 0.15) is 5.84 Å². The van der Waals surface area contributed by atoms with E-state index in [1.807, 2.05) is 6.07 Å². The lowest BCUT2D eigenvalue weighted by Gasteiger charge is -2.23. The maximum atomic E-state index is 12.8. The van der Waals surface area contributed by atoms with E-state index in [0.29, 0.717) is 22.3 Å². The van der Waals surface area contributed by atoms with E-state index in [-0.39, 0.29) is 11.7 Å². The summed E-state index contributed by atoms with van der Waals surface area (Å²) in [6.07, 6.45) is 3.15. The summed E-state index contributed by atoms with van der Waals surface area (Å²) in [6, 6.07) is 17.0. The first kappa shape index (κ1) is 23.5. The maximum Gasteiger partial charge on any atom is 0.311 e. The summed E-state index contributed by atoms with van der Waals surface area (Å²) in [5.41, 5.74) is 9.12. The van der Waals surface area contributed by atoms with Crippen molar-refractivity contribution in [3.05, 3.63) is 95.0 Å². The van der Waals surface area contributed by atoms with Gasteiger partial charge in [0.15, 0.2) is 12.4 Å². The predicted molar refractivity (Wildman–Crippen MR) is 124 cm³/mol. The fraction of sp³-hybridized carbons (Fsp3) is 0.200. The van der Waals surface area contributed by atoms with Gasteiger partial charge in [-0.3, -0.25) is 15.0 Å². The summed E-state index contributed by atoms with van der Waals surface area (Å²) in [5.74, 6) is -1.43. The van der Waals surface area contributed by atoms with E-state index in [1.165, 1.54) is 19.5 Å². The number of benzene rings is 2. The number of carbonyl (C=O) groups excluding carboxylic acids is 2. The van der Waals surface area contributed by atoms with Gasteiger partial charge < -0.3 is 21.0 Å². The Morgan fingerprint density at radius 3 is 2.30 bits per heavy atom. The number of rotatable bonds is 8. The molecule has 0 aliphatic rings. The number of methoxy groups -OCH3 is 1. The molecular formula is C25H26N4O4. The number of esters is 1. The summed E-state index contributed by atoms with van der Waals surface area (Å²) in [7, 11) is 1.31. The van der Waals surface area contributed by atoms with Gasteiger partial charge in [-0.2, -0.15) is 4.73 Å². The summed E-state index contributed by atoms with van der Waals surface area (Å²) in [5, 5.41) is 21.7. The normalized spacial score (nSPS) is 12.4. The Morgan fingerprint density at radius 1 is 1.06 bits per heavy atom. The van der Waals surface area contributed by atoms with Crippen LogP contribution >= 0.6 is 0 Å². The van der Waals surface area contributed by atoms with Gasteiger partial charge in [0.25, 0.3) is 5.91 Å². The number of hydrogen-bond donors (Lipinski definition) is 3. The Bertz CT molecular complexity index is 1140. The number of amidine groups is 1. The standard InChI is InChI=1S/C25H26N4O4/c1-16(22(25(31)33-2)15-17-4-3-5-21(14-17)23(26)27)28-24(30)20-8-6-18(7-9-20)19-10-12-29(32)13-11-19/h3-14,16,22H,15H2,1-2H3,(H3,26,27)(H,28,30)/t16?,22-/m1/s1. The van der Waals surface area contributed by atoms with Gasteiger partial charge in [0.2, 0.25) is 0 Å². The Morgan fingerprint density at radius 2 is 1.70 bits per heavy atom. The van der Waals surface area contributed by atoms with Gasteiger partial charge in [-0.25, -0.2) is 0 Å². The number of nitrogens with zero attached hydrogens (tertiary/aromatic N) is 1. The van der Waals surface area contributed by atoms with Crippen molar-refractivity contribution in [2.24, 2.45) is 11.7 Å². The minimum absolute atomic E-state index is 0.0565. The molecule has 0 spiro atoms. The minimum atomic E-state index is -0.622. The molecule has 1 aromatic heterocycles. The molecule has 0 bridgehead atoms. The number of nitrogens with one attached hydrogen (secondary N) is 2. The van der Waals surface area contributed by atoms with Gasteiger partial charge in [0.05, 0.1) is 13.0 Å². The smallest absolute Gasteiger partial charge is 0.311 e. The van der Waals surface area contributed by atoms with Crippen LogP contribution in [-0.4, -0.2) is 30.9 Å². The zero-order valence-electron chi connectivity index (χ0n) is 18.4.